The zero-order valence-corrected chi connectivity index (χ0v) is 15.9. The number of methoxy groups -OCH3 is 1. The minimum absolute atomic E-state index is 0.0396. The number of H-pyrrole nitrogens is 1. The Morgan fingerprint density at radius 1 is 1.34 bits per heavy atom. The Bertz CT molecular complexity index is 1270. The number of hydrogen-bond donors (Lipinski definition) is 3. The van der Waals surface area contributed by atoms with Crippen LogP contribution in [0.4, 0.5) is 5.95 Å². The minimum atomic E-state index is -2.68. The molecule has 0 bridgehead atoms. The van der Waals surface area contributed by atoms with Crippen molar-refractivity contribution < 1.29 is 14.0 Å². The van der Waals surface area contributed by atoms with E-state index in [4.69, 9.17) is 8.85 Å². The summed E-state index contributed by atoms with van der Waals surface area (Å²) in [6.07, 6.45) is 11.5. The summed E-state index contributed by atoms with van der Waals surface area (Å²) >= 11 is 0. The Morgan fingerprint density at radius 3 is 3.03 bits per heavy atom. The van der Waals surface area contributed by atoms with E-state index in [0.29, 0.717) is 35.2 Å². The first-order valence-electron chi connectivity index (χ1n) is 11.0. The second-order valence-electron chi connectivity index (χ2n) is 7.77. The van der Waals surface area contributed by atoms with E-state index in [9.17, 15) is 5.11 Å². The lowest BCUT2D eigenvalue weighted by atomic mass is 9.84. The maximum absolute atomic E-state index is 10.2. The van der Waals surface area contributed by atoms with Crippen molar-refractivity contribution in [2.45, 2.75) is 44.2 Å². The lowest BCUT2D eigenvalue weighted by molar-refractivity contribution is 0.0195. The molecule has 150 valence electrons. The Balaban J connectivity index is 1.54. The number of imidazole rings is 1. The summed E-state index contributed by atoms with van der Waals surface area (Å²) in [6.45, 7) is 1.84. The van der Waals surface area contributed by atoms with Crippen LogP contribution in [0.25, 0.3) is 27.9 Å². The summed E-state index contributed by atoms with van der Waals surface area (Å²) in [5, 5.41) is 13.9. The van der Waals surface area contributed by atoms with Crippen molar-refractivity contribution in [3.05, 3.63) is 31.0 Å². The van der Waals surface area contributed by atoms with Crippen LogP contribution in [0.3, 0.4) is 0 Å². The molecular weight excluding hydrogens is 370 g/mol. The normalized spacial score (nSPS) is 24.2. The molecule has 29 heavy (non-hydrogen) atoms. The van der Waals surface area contributed by atoms with Crippen molar-refractivity contribution >= 4 is 22.8 Å². The summed E-state index contributed by atoms with van der Waals surface area (Å²) in [7, 11) is -2.68. The van der Waals surface area contributed by atoms with Gasteiger partial charge in [0, 0.05) is 48.2 Å². The average Bonchev–Trinajstić information content (AvgIpc) is 3.34. The highest BCUT2D eigenvalue weighted by Gasteiger charge is 2.29. The van der Waals surface area contributed by atoms with Crippen LogP contribution in [0.15, 0.2) is 31.0 Å². The van der Waals surface area contributed by atoms with Gasteiger partial charge in [0.2, 0.25) is 17.6 Å². The summed E-state index contributed by atoms with van der Waals surface area (Å²) in [6, 6.07) is 0.0792. The predicted molar refractivity (Wildman–Crippen MR) is 109 cm³/mol. The highest BCUT2D eigenvalue weighted by Crippen LogP contribution is 2.35. The standard InChI is InChI=1S/C20H23N7O2/c1-20(28)5-3-13(4-6-20)24-18-25-16-15(17(26-18)29-2)14(10-22-16)12-9-23-19-21-7-8-27(19)11-12/h7-11,13,28H,3-6H2,1-2H3,(H2,22,24,25,26)/i2D3. The Morgan fingerprint density at radius 2 is 2.21 bits per heavy atom. The lowest BCUT2D eigenvalue weighted by Crippen LogP contribution is -2.36. The van der Waals surface area contributed by atoms with Gasteiger partial charge in [-0.05, 0) is 32.6 Å². The molecule has 4 aromatic rings. The fraction of sp³-hybridized carbons (Fsp3) is 0.400. The molecule has 4 heterocycles. The van der Waals surface area contributed by atoms with Crippen LogP contribution in [-0.2, 0) is 0 Å². The van der Waals surface area contributed by atoms with Gasteiger partial charge >= 0.3 is 0 Å². The van der Waals surface area contributed by atoms with Gasteiger partial charge in [0.1, 0.15) is 5.65 Å². The fourth-order valence-corrected chi connectivity index (χ4v) is 3.89. The average molecular weight is 396 g/mol. The fourth-order valence-electron chi connectivity index (χ4n) is 3.89. The van der Waals surface area contributed by atoms with Gasteiger partial charge in [-0.1, -0.05) is 0 Å². The molecule has 9 heteroatoms. The molecule has 0 spiro atoms. The summed E-state index contributed by atoms with van der Waals surface area (Å²) in [5.41, 5.74) is 1.20. The number of aromatic nitrogens is 6. The Hall–Kier alpha value is -3.20. The number of nitrogens with one attached hydrogen (secondary N) is 2. The number of ether oxygens (including phenoxy) is 1. The van der Waals surface area contributed by atoms with Crippen molar-refractivity contribution in [2.75, 3.05) is 12.4 Å². The van der Waals surface area contributed by atoms with Crippen molar-refractivity contribution in [1.82, 2.24) is 29.3 Å². The molecular formula is C20H23N7O2. The molecule has 0 amide bonds. The highest BCUT2D eigenvalue weighted by atomic mass is 16.5. The SMILES string of the molecule is [2H]C([2H])([2H])Oc1nc(NC2CCC(C)(O)CC2)nc2[nH]cc(-c3cnc4nccn4c3)c12. The van der Waals surface area contributed by atoms with Crippen LogP contribution in [0.1, 0.15) is 36.7 Å². The zero-order chi connectivity index (χ0) is 22.5. The molecule has 0 saturated heterocycles. The van der Waals surface area contributed by atoms with Crippen LogP contribution in [-0.4, -0.2) is 53.1 Å². The van der Waals surface area contributed by atoms with Crippen molar-refractivity contribution in [3.63, 3.8) is 0 Å². The van der Waals surface area contributed by atoms with Gasteiger partial charge in [0.15, 0.2) is 0 Å². The van der Waals surface area contributed by atoms with Gasteiger partial charge in [-0.2, -0.15) is 9.97 Å². The first kappa shape index (κ1) is 14.7. The molecule has 0 atom stereocenters. The molecule has 0 unspecified atom stereocenters. The van der Waals surface area contributed by atoms with Gasteiger partial charge < -0.3 is 20.1 Å². The monoisotopic (exact) mass is 396 g/mol. The third-order valence-electron chi connectivity index (χ3n) is 5.55. The molecule has 1 aliphatic carbocycles. The molecule has 9 nitrogen and oxygen atoms in total. The quantitative estimate of drug-likeness (QED) is 0.486. The maximum atomic E-state index is 10.2. The third kappa shape index (κ3) is 3.27. The second-order valence-corrected chi connectivity index (χ2v) is 7.77. The third-order valence-corrected chi connectivity index (χ3v) is 5.55. The Kier molecular flexibility index (Phi) is 3.41. The van der Waals surface area contributed by atoms with Crippen LogP contribution >= 0.6 is 0 Å². The first-order valence-corrected chi connectivity index (χ1v) is 9.53. The van der Waals surface area contributed by atoms with E-state index < -0.39 is 12.6 Å². The largest absolute Gasteiger partial charge is 0.480 e. The number of fused-ring (bicyclic) bond motifs is 2. The molecule has 1 saturated carbocycles. The van der Waals surface area contributed by atoms with E-state index in [-0.39, 0.29) is 17.9 Å². The summed E-state index contributed by atoms with van der Waals surface area (Å²) in [4.78, 5) is 20.5. The van der Waals surface area contributed by atoms with Crippen LogP contribution in [0.5, 0.6) is 5.88 Å². The Labute approximate surface area is 171 Å². The zero-order valence-electron chi connectivity index (χ0n) is 18.9. The molecule has 3 N–H and O–H groups in total. The number of hydrogen-bond acceptors (Lipinski definition) is 7. The van der Waals surface area contributed by atoms with Crippen molar-refractivity contribution in [2.24, 2.45) is 0 Å². The molecule has 5 rings (SSSR count). The number of nitrogens with zero attached hydrogens (tertiary/aromatic N) is 5. The van der Waals surface area contributed by atoms with E-state index >= 15 is 0 Å². The van der Waals surface area contributed by atoms with Gasteiger partial charge in [-0.3, -0.25) is 4.40 Å². The molecule has 1 fully saturated rings. The number of aliphatic hydroxyl groups is 1. The topological polar surface area (TPSA) is 113 Å². The molecule has 0 aromatic carbocycles. The minimum Gasteiger partial charge on any atom is -0.480 e. The smallest absolute Gasteiger partial charge is 0.233 e. The van der Waals surface area contributed by atoms with Gasteiger partial charge in [0.25, 0.3) is 0 Å². The number of aromatic amines is 1. The van der Waals surface area contributed by atoms with Gasteiger partial charge in [-0.15, -0.1) is 0 Å². The number of anilines is 1. The maximum Gasteiger partial charge on any atom is 0.233 e. The molecule has 1 aliphatic rings. The van der Waals surface area contributed by atoms with Crippen LogP contribution < -0.4 is 10.1 Å². The van der Waals surface area contributed by atoms with Gasteiger partial charge in [-0.25, -0.2) is 9.97 Å². The van der Waals surface area contributed by atoms with E-state index in [0.717, 1.165) is 18.4 Å². The summed E-state index contributed by atoms with van der Waals surface area (Å²) in [5.74, 6) is 0.795. The van der Waals surface area contributed by atoms with Crippen LogP contribution in [0.2, 0.25) is 0 Å². The van der Waals surface area contributed by atoms with E-state index in [1.165, 1.54) is 0 Å². The van der Waals surface area contributed by atoms with Crippen LogP contribution in [0, 0.1) is 0 Å². The first-order chi connectivity index (χ1) is 15.2. The van der Waals surface area contributed by atoms with E-state index in [1.807, 2.05) is 13.1 Å². The highest BCUT2D eigenvalue weighted by molar-refractivity contribution is 5.97. The van der Waals surface area contributed by atoms with Gasteiger partial charge in [0.05, 0.1) is 22.1 Å². The number of rotatable bonds is 4. The summed E-state index contributed by atoms with van der Waals surface area (Å²) < 4.78 is 29.8. The van der Waals surface area contributed by atoms with E-state index in [1.54, 1.807) is 29.2 Å². The predicted octanol–water partition coefficient (Wildman–Crippen LogP) is 2.78. The van der Waals surface area contributed by atoms with E-state index in [2.05, 4.69) is 30.2 Å². The lowest BCUT2D eigenvalue weighted by Gasteiger charge is -2.33. The molecule has 4 aromatic heterocycles. The van der Waals surface area contributed by atoms with Crippen molar-refractivity contribution in [3.8, 4) is 17.0 Å². The van der Waals surface area contributed by atoms with Crippen molar-refractivity contribution in [1.29, 1.82) is 0 Å². The molecule has 0 radical (unpaired) electrons. The molecule has 0 aliphatic heterocycles. The second kappa shape index (κ2) is 6.70.